The molecule has 0 radical (unpaired) electrons. The lowest BCUT2D eigenvalue weighted by Crippen LogP contribution is -3.14. The smallest absolute Gasteiger partial charge is 0.309 e. The molecule has 0 atom stereocenters. The van der Waals surface area contributed by atoms with Gasteiger partial charge in [-0.2, -0.15) is 0 Å². The summed E-state index contributed by atoms with van der Waals surface area (Å²) < 4.78 is 5.09. The van der Waals surface area contributed by atoms with Crippen molar-refractivity contribution in [3.05, 3.63) is 54.6 Å². The first-order chi connectivity index (χ1) is 13.2. The van der Waals surface area contributed by atoms with Crippen molar-refractivity contribution in [2.75, 3.05) is 31.6 Å². The number of hydrogen-bond donors (Lipinski definition) is 2. The van der Waals surface area contributed by atoms with Crippen LogP contribution in [0.4, 0.5) is 5.69 Å². The second-order valence-electron chi connectivity index (χ2n) is 6.94. The molecule has 0 spiro atoms. The lowest BCUT2D eigenvalue weighted by molar-refractivity contribution is -0.897. The van der Waals surface area contributed by atoms with Crippen molar-refractivity contribution in [1.29, 1.82) is 0 Å². The molecule has 1 aliphatic heterocycles. The molecule has 0 aliphatic carbocycles. The molecule has 2 N–H and O–H groups in total. The van der Waals surface area contributed by atoms with Gasteiger partial charge in [-0.05, 0) is 30.2 Å². The highest BCUT2D eigenvalue weighted by Gasteiger charge is 2.29. The number of amides is 1. The number of rotatable bonds is 6. The van der Waals surface area contributed by atoms with Crippen LogP contribution in [0.25, 0.3) is 11.1 Å². The highest BCUT2D eigenvalue weighted by Crippen LogP contribution is 2.20. The number of anilines is 1. The summed E-state index contributed by atoms with van der Waals surface area (Å²) in [4.78, 5) is 25.3. The van der Waals surface area contributed by atoms with Crippen LogP contribution in [0.3, 0.4) is 0 Å². The van der Waals surface area contributed by atoms with E-state index in [9.17, 15) is 9.59 Å². The number of piperidine rings is 1. The molecule has 3 rings (SSSR count). The summed E-state index contributed by atoms with van der Waals surface area (Å²) in [6.07, 6.45) is 1.57. The van der Waals surface area contributed by atoms with E-state index < -0.39 is 0 Å². The van der Waals surface area contributed by atoms with Crippen molar-refractivity contribution >= 4 is 17.6 Å². The lowest BCUT2D eigenvalue weighted by Gasteiger charge is -2.27. The Labute approximate surface area is 160 Å². The summed E-state index contributed by atoms with van der Waals surface area (Å²) in [6, 6.07) is 18.1. The van der Waals surface area contributed by atoms with Gasteiger partial charge in [-0.3, -0.25) is 9.59 Å². The Hall–Kier alpha value is -2.66. The molecule has 2 aromatic carbocycles. The quantitative estimate of drug-likeness (QED) is 0.769. The minimum atomic E-state index is -0.0977. The van der Waals surface area contributed by atoms with Crippen LogP contribution >= 0.6 is 0 Å². The van der Waals surface area contributed by atoms with Gasteiger partial charge in [0.15, 0.2) is 6.54 Å². The van der Waals surface area contributed by atoms with Crippen LogP contribution in [0.15, 0.2) is 54.6 Å². The van der Waals surface area contributed by atoms with Gasteiger partial charge < -0.3 is 15.0 Å². The van der Waals surface area contributed by atoms with Crippen LogP contribution < -0.4 is 10.2 Å². The van der Waals surface area contributed by atoms with Crippen LogP contribution in [0.5, 0.6) is 0 Å². The van der Waals surface area contributed by atoms with E-state index in [0.717, 1.165) is 42.7 Å². The zero-order chi connectivity index (χ0) is 19.1. The van der Waals surface area contributed by atoms with Gasteiger partial charge in [-0.1, -0.05) is 42.5 Å². The number of carbonyl (C=O) groups excluding carboxylic acids is 2. The van der Waals surface area contributed by atoms with Crippen LogP contribution in [-0.4, -0.2) is 38.1 Å². The monoisotopic (exact) mass is 367 g/mol. The predicted octanol–water partition coefficient (Wildman–Crippen LogP) is 2.15. The molecule has 142 valence electrons. The Morgan fingerprint density at radius 2 is 1.63 bits per heavy atom. The molecule has 1 heterocycles. The van der Waals surface area contributed by atoms with Crippen molar-refractivity contribution in [3.63, 3.8) is 0 Å². The van der Waals surface area contributed by atoms with Gasteiger partial charge in [0.25, 0.3) is 5.91 Å². The first-order valence-electron chi connectivity index (χ1n) is 9.61. The van der Waals surface area contributed by atoms with Crippen LogP contribution in [-0.2, 0) is 14.3 Å². The molecule has 0 unspecified atom stereocenters. The third-order valence-corrected chi connectivity index (χ3v) is 5.00. The molecular weight excluding hydrogens is 340 g/mol. The minimum Gasteiger partial charge on any atom is -0.466 e. The molecule has 1 aliphatic rings. The van der Waals surface area contributed by atoms with E-state index in [1.807, 2.05) is 49.4 Å². The van der Waals surface area contributed by atoms with Gasteiger partial charge in [0.05, 0.1) is 25.6 Å². The molecule has 2 aromatic rings. The third kappa shape index (κ3) is 5.41. The average Bonchev–Trinajstić information content (AvgIpc) is 2.70. The summed E-state index contributed by atoms with van der Waals surface area (Å²) >= 11 is 0. The Kier molecular flexibility index (Phi) is 6.60. The number of carbonyl (C=O) groups is 2. The molecule has 5 heteroatoms. The number of benzene rings is 2. The molecule has 0 bridgehead atoms. The fraction of sp³-hybridized carbons (Fsp3) is 0.364. The highest BCUT2D eigenvalue weighted by molar-refractivity contribution is 5.91. The van der Waals surface area contributed by atoms with Crippen LogP contribution in [0.2, 0.25) is 0 Å². The summed E-state index contributed by atoms with van der Waals surface area (Å²) in [5, 5.41) is 2.97. The first-order valence-corrected chi connectivity index (χ1v) is 9.61. The average molecular weight is 367 g/mol. The second kappa shape index (κ2) is 9.33. The van der Waals surface area contributed by atoms with E-state index >= 15 is 0 Å². The summed E-state index contributed by atoms with van der Waals surface area (Å²) in [5.41, 5.74) is 3.09. The van der Waals surface area contributed by atoms with E-state index in [1.165, 1.54) is 4.90 Å². The predicted molar refractivity (Wildman–Crippen MR) is 105 cm³/mol. The summed E-state index contributed by atoms with van der Waals surface area (Å²) in [7, 11) is 0. The van der Waals surface area contributed by atoms with Crippen molar-refractivity contribution in [1.82, 2.24) is 0 Å². The molecule has 1 saturated heterocycles. The molecule has 1 fully saturated rings. The number of esters is 1. The lowest BCUT2D eigenvalue weighted by atomic mass is 9.97. The largest absolute Gasteiger partial charge is 0.466 e. The van der Waals surface area contributed by atoms with Crippen molar-refractivity contribution in [3.8, 4) is 11.1 Å². The fourth-order valence-corrected chi connectivity index (χ4v) is 3.51. The van der Waals surface area contributed by atoms with Crippen molar-refractivity contribution in [2.24, 2.45) is 5.92 Å². The standard InChI is InChI=1S/C22H26N2O3/c1-2-27-22(26)19-12-14-24(15-13-19)16-21(25)23-20-10-8-18(9-11-20)17-6-4-3-5-7-17/h3-11,19H,2,12-16H2,1H3,(H,23,25)/p+1. The Bertz CT molecular complexity index is 751. The van der Waals surface area contributed by atoms with Gasteiger partial charge in [0, 0.05) is 18.5 Å². The molecule has 0 aromatic heterocycles. The van der Waals surface area contributed by atoms with Gasteiger partial charge >= 0.3 is 5.97 Å². The van der Waals surface area contributed by atoms with Gasteiger partial charge in [-0.25, -0.2) is 0 Å². The summed E-state index contributed by atoms with van der Waals surface area (Å²) in [5.74, 6) is -0.103. The fourth-order valence-electron chi connectivity index (χ4n) is 3.51. The third-order valence-electron chi connectivity index (χ3n) is 5.00. The highest BCUT2D eigenvalue weighted by atomic mass is 16.5. The molecule has 0 saturated carbocycles. The van der Waals surface area contributed by atoms with E-state index in [0.29, 0.717) is 13.2 Å². The Balaban J connectivity index is 1.47. The number of ether oxygens (including phenoxy) is 1. The molecule has 5 nitrogen and oxygen atoms in total. The van der Waals surface area contributed by atoms with E-state index in [1.54, 1.807) is 0 Å². The van der Waals surface area contributed by atoms with E-state index in [4.69, 9.17) is 4.74 Å². The normalized spacial score (nSPS) is 19.3. The summed E-state index contributed by atoms with van der Waals surface area (Å²) in [6.45, 7) is 4.33. The van der Waals surface area contributed by atoms with Gasteiger partial charge in [0.2, 0.25) is 0 Å². The maximum absolute atomic E-state index is 12.3. The SMILES string of the molecule is CCOC(=O)C1CC[NH+](CC(=O)Nc2ccc(-c3ccccc3)cc2)CC1. The Morgan fingerprint density at radius 3 is 2.26 bits per heavy atom. The number of nitrogens with one attached hydrogen (secondary N) is 2. The minimum absolute atomic E-state index is 0.00652. The first kappa shape index (κ1) is 19.1. The van der Waals surface area contributed by atoms with Crippen molar-refractivity contribution in [2.45, 2.75) is 19.8 Å². The van der Waals surface area contributed by atoms with Gasteiger partial charge in [0.1, 0.15) is 0 Å². The van der Waals surface area contributed by atoms with Crippen LogP contribution in [0.1, 0.15) is 19.8 Å². The topological polar surface area (TPSA) is 59.8 Å². The van der Waals surface area contributed by atoms with E-state index in [2.05, 4.69) is 17.4 Å². The zero-order valence-corrected chi connectivity index (χ0v) is 15.7. The molecule has 27 heavy (non-hydrogen) atoms. The number of likely N-dealkylation sites (tertiary alicyclic amines) is 1. The number of quaternary nitrogens is 1. The van der Waals surface area contributed by atoms with E-state index in [-0.39, 0.29) is 17.8 Å². The molecule has 1 amide bonds. The number of hydrogen-bond acceptors (Lipinski definition) is 3. The van der Waals surface area contributed by atoms with Crippen LogP contribution in [0, 0.1) is 5.92 Å². The zero-order valence-electron chi connectivity index (χ0n) is 15.7. The van der Waals surface area contributed by atoms with Crippen molar-refractivity contribution < 1.29 is 19.2 Å². The molecular formula is C22H27N2O3+. The Morgan fingerprint density at radius 1 is 1.00 bits per heavy atom. The second-order valence-corrected chi connectivity index (χ2v) is 6.94. The van der Waals surface area contributed by atoms with Gasteiger partial charge in [-0.15, -0.1) is 0 Å². The maximum Gasteiger partial charge on any atom is 0.309 e. The maximum atomic E-state index is 12.3.